The van der Waals surface area contributed by atoms with Crippen LogP contribution in [0.2, 0.25) is 0 Å². The number of nitrogens with one attached hydrogen (secondary N) is 1. The number of rotatable bonds is 6. The molecule has 0 aliphatic carbocycles. The van der Waals surface area contributed by atoms with Crippen molar-refractivity contribution in [1.29, 1.82) is 0 Å². The Morgan fingerprint density at radius 1 is 1.19 bits per heavy atom. The van der Waals surface area contributed by atoms with E-state index in [-0.39, 0.29) is 24.6 Å². The van der Waals surface area contributed by atoms with E-state index >= 15 is 0 Å². The van der Waals surface area contributed by atoms with Crippen LogP contribution in [0.15, 0.2) is 0 Å². The van der Waals surface area contributed by atoms with Gasteiger partial charge in [-0.1, -0.05) is 0 Å². The maximum absolute atomic E-state index is 12.5. The van der Waals surface area contributed by atoms with Gasteiger partial charge in [0.05, 0.1) is 12.6 Å². The summed E-state index contributed by atoms with van der Waals surface area (Å²) in [6.45, 7) is 2.62. The molecule has 6 heteroatoms. The molecule has 6 nitrogen and oxygen atoms in total. The Kier molecular flexibility index (Phi) is 6.45. The summed E-state index contributed by atoms with van der Waals surface area (Å²) in [4.78, 5) is 25.4. The van der Waals surface area contributed by atoms with Gasteiger partial charge >= 0.3 is 0 Å². The van der Waals surface area contributed by atoms with Gasteiger partial charge in [-0.3, -0.25) is 9.59 Å². The molecule has 2 saturated heterocycles. The minimum atomic E-state index is -0.434. The van der Waals surface area contributed by atoms with Crippen molar-refractivity contribution in [2.75, 3.05) is 26.2 Å². The van der Waals surface area contributed by atoms with Gasteiger partial charge in [-0.2, -0.15) is 0 Å². The van der Waals surface area contributed by atoms with E-state index in [1.54, 1.807) is 4.90 Å². The Balaban J connectivity index is 1.85. The fourth-order valence-corrected chi connectivity index (χ4v) is 3.17. The summed E-state index contributed by atoms with van der Waals surface area (Å²) in [6.07, 6.45) is 6.51. The van der Waals surface area contributed by atoms with Crippen LogP contribution in [-0.2, 0) is 14.3 Å². The normalized spacial score (nSPS) is 23.7. The van der Waals surface area contributed by atoms with Crippen LogP contribution in [0.3, 0.4) is 0 Å². The van der Waals surface area contributed by atoms with Crippen molar-refractivity contribution in [2.24, 2.45) is 5.73 Å². The lowest BCUT2D eigenvalue weighted by molar-refractivity contribution is -0.138. The van der Waals surface area contributed by atoms with E-state index in [1.807, 2.05) is 0 Å². The summed E-state index contributed by atoms with van der Waals surface area (Å²) in [5.74, 6) is -0.398. The standard InChI is InChI=1S/C15H27N3O3/c16-14(19)11-18(12-6-8-17-9-7-12)15(20)5-4-13-3-1-2-10-21-13/h12-13,17H,1-11H2,(H2,16,19). The number of primary amides is 1. The summed E-state index contributed by atoms with van der Waals surface area (Å²) in [5, 5.41) is 3.27. The number of nitrogens with two attached hydrogens (primary N) is 1. The van der Waals surface area contributed by atoms with Gasteiger partial charge in [-0.15, -0.1) is 0 Å². The summed E-state index contributed by atoms with van der Waals surface area (Å²) >= 11 is 0. The van der Waals surface area contributed by atoms with Crippen molar-refractivity contribution in [3.63, 3.8) is 0 Å². The lowest BCUT2D eigenvalue weighted by atomic mass is 10.0. The molecular weight excluding hydrogens is 270 g/mol. The van der Waals surface area contributed by atoms with Crippen LogP contribution < -0.4 is 11.1 Å². The van der Waals surface area contributed by atoms with E-state index in [2.05, 4.69) is 5.32 Å². The zero-order chi connectivity index (χ0) is 15.1. The lowest BCUT2D eigenvalue weighted by Gasteiger charge is -2.34. The second-order valence-corrected chi connectivity index (χ2v) is 6.00. The van der Waals surface area contributed by atoms with E-state index in [0.717, 1.165) is 51.8 Å². The van der Waals surface area contributed by atoms with E-state index in [1.165, 1.54) is 6.42 Å². The number of ether oxygens (including phenoxy) is 1. The summed E-state index contributed by atoms with van der Waals surface area (Å²) in [5.41, 5.74) is 5.30. The van der Waals surface area contributed by atoms with Crippen LogP contribution in [0, 0.1) is 0 Å². The molecule has 2 fully saturated rings. The van der Waals surface area contributed by atoms with Crippen LogP contribution >= 0.6 is 0 Å². The largest absolute Gasteiger partial charge is 0.378 e. The number of nitrogens with zero attached hydrogens (tertiary/aromatic N) is 1. The zero-order valence-corrected chi connectivity index (χ0v) is 12.7. The molecule has 0 aromatic rings. The fraction of sp³-hybridized carbons (Fsp3) is 0.867. The molecule has 0 spiro atoms. The number of hydrogen-bond acceptors (Lipinski definition) is 4. The molecule has 0 aromatic heterocycles. The molecule has 2 aliphatic heterocycles. The first-order chi connectivity index (χ1) is 10.2. The summed E-state index contributed by atoms with van der Waals surface area (Å²) < 4.78 is 5.66. The predicted molar refractivity (Wildman–Crippen MR) is 79.6 cm³/mol. The third kappa shape index (κ3) is 5.28. The molecule has 3 N–H and O–H groups in total. The Hall–Kier alpha value is -1.14. The maximum atomic E-state index is 12.5. The van der Waals surface area contributed by atoms with E-state index in [9.17, 15) is 9.59 Å². The van der Waals surface area contributed by atoms with Crippen LogP contribution in [0.25, 0.3) is 0 Å². The highest BCUT2D eigenvalue weighted by Gasteiger charge is 2.27. The molecule has 120 valence electrons. The molecule has 0 radical (unpaired) electrons. The smallest absolute Gasteiger partial charge is 0.237 e. The summed E-state index contributed by atoms with van der Waals surface area (Å²) in [6, 6.07) is 0.138. The highest BCUT2D eigenvalue weighted by Crippen LogP contribution is 2.19. The molecule has 0 saturated carbocycles. The number of hydrogen-bond donors (Lipinski definition) is 2. The Morgan fingerprint density at radius 2 is 1.95 bits per heavy atom. The molecule has 2 heterocycles. The molecular formula is C15H27N3O3. The van der Waals surface area contributed by atoms with E-state index in [4.69, 9.17) is 10.5 Å². The Labute approximate surface area is 126 Å². The van der Waals surface area contributed by atoms with E-state index in [0.29, 0.717) is 6.42 Å². The minimum Gasteiger partial charge on any atom is -0.378 e. The fourth-order valence-electron chi connectivity index (χ4n) is 3.17. The first-order valence-corrected chi connectivity index (χ1v) is 8.07. The Bertz CT molecular complexity index is 350. The van der Waals surface area contributed by atoms with Crippen molar-refractivity contribution in [2.45, 2.75) is 57.1 Å². The molecule has 0 aromatic carbocycles. The second-order valence-electron chi connectivity index (χ2n) is 6.00. The molecule has 2 amide bonds. The zero-order valence-electron chi connectivity index (χ0n) is 12.7. The average Bonchev–Trinajstić information content (AvgIpc) is 2.52. The number of carbonyl (C=O) groups excluding carboxylic acids is 2. The third-order valence-electron chi connectivity index (χ3n) is 4.35. The monoisotopic (exact) mass is 297 g/mol. The maximum Gasteiger partial charge on any atom is 0.237 e. The second kappa shape index (κ2) is 8.34. The van der Waals surface area contributed by atoms with Crippen LogP contribution in [0.1, 0.15) is 44.9 Å². The van der Waals surface area contributed by atoms with Crippen LogP contribution in [-0.4, -0.2) is 55.1 Å². The van der Waals surface area contributed by atoms with Crippen LogP contribution in [0.5, 0.6) is 0 Å². The summed E-state index contributed by atoms with van der Waals surface area (Å²) in [7, 11) is 0. The predicted octanol–water partition coefficient (Wildman–Crippen LogP) is 0.402. The van der Waals surface area contributed by atoms with Crippen molar-refractivity contribution >= 4 is 11.8 Å². The van der Waals surface area contributed by atoms with Gasteiger partial charge in [-0.25, -0.2) is 0 Å². The van der Waals surface area contributed by atoms with Gasteiger partial charge in [0.1, 0.15) is 0 Å². The highest BCUT2D eigenvalue weighted by atomic mass is 16.5. The van der Waals surface area contributed by atoms with E-state index < -0.39 is 5.91 Å². The highest BCUT2D eigenvalue weighted by molar-refractivity contribution is 5.84. The number of carbonyl (C=O) groups is 2. The molecule has 1 atom stereocenters. The quantitative estimate of drug-likeness (QED) is 0.743. The third-order valence-corrected chi connectivity index (χ3v) is 4.35. The van der Waals surface area contributed by atoms with Gasteiger partial charge in [0, 0.05) is 19.1 Å². The number of piperidine rings is 1. The van der Waals surface area contributed by atoms with Gasteiger partial charge in [0.25, 0.3) is 0 Å². The van der Waals surface area contributed by atoms with Gasteiger partial charge in [-0.05, 0) is 51.6 Å². The minimum absolute atomic E-state index is 0.0367. The van der Waals surface area contributed by atoms with Gasteiger partial charge in [0.2, 0.25) is 11.8 Å². The number of amides is 2. The SMILES string of the molecule is NC(=O)CN(C(=O)CCC1CCCCO1)C1CCNCC1. The first-order valence-electron chi connectivity index (χ1n) is 8.07. The molecule has 2 rings (SSSR count). The van der Waals surface area contributed by atoms with Crippen molar-refractivity contribution < 1.29 is 14.3 Å². The molecule has 0 bridgehead atoms. The van der Waals surface area contributed by atoms with Crippen molar-refractivity contribution in [1.82, 2.24) is 10.2 Å². The van der Waals surface area contributed by atoms with Crippen molar-refractivity contribution in [3.05, 3.63) is 0 Å². The topological polar surface area (TPSA) is 84.7 Å². The molecule has 21 heavy (non-hydrogen) atoms. The van der Waals surface area contributed by atoms with Crippen LogP contribution in [0.4, 0.5) is 0 Å². The van der Waals surface area contributed by atoms with Crippen molar-refractivity contribution in [3.8, 4) is 0 Å². The van der Waals surface area contributed by atoms with Gasteiger partial charge < -0.3 is 20.7 Å². The first kappa shape index (κ1) is 16.2. The Morgan fingerprint density at radius 3 is 2.57 bits per heavy atom. The molecule has 1 unspecified atom stereocenters. The lowest BCUT2D eigenvalue weighted by Crippen LogP contribution is -2.49. The molecule has 2 aliphatic rings. The van der Waals surface area contributed by atoms with Gasteiger partial charge in [0.15, 0.2) is 0 Å². The average molecular weight is 297 g/mol.